The van der Waals surface area contributed by atoms with E-state index in [1.165, 1.54) is 16.6 Å². The minimum absolute atomic E-state index is 0.179. The van der Waals surface area contributed by atoms with Crippen LogP contribution in [0.5, 0.6) is 0 Å². The summed E-state index contributed by atoms with van der Waals surface area (Å²) in [6.07, 6.45) is 0. The van der Waals surface area contributed by atoms with Crippen molar-refractivity contribution in [3.63, 3.8) is 0 Å². The third-order valence-corrected chi connectivity index (χ3v) is 5.87. The molecule has 0 radical (unpaired) electrons. The van der Waals surface area contributed by atoms with Crippen LogP contribution in [0.1, 0.15) is 11.6 Å². The summed E-state index contributed by atoms with van der Waals surface area (Å²) in [5.41, 5.74) is 2.21. The van der Waals surface area contributed by atoms with E-state index in [0.717, 1.165) is 16.6 Å². The van der Waals surface area contributed by atoms with Crippen molar-refractivity contribution in [3.8, 4) is 0 Å². The van der Waals surface area contributed by atoms with Gasteiger partial charge in [-0.15, -0.1) is 0 Å². The van der Waals surface area contributed by atoms with Crippen molar-refractivity contribution in [2.75, 3.05) is 5.32 Å². The van der Waals surface area contributed by atoms with Crippen LogP contribution in [0.3, 0.4) is 0 Å². The summed E-state index contributed by atoms with van der Waals surface area (Å²) < 4.78 is 14.6. The number of rotatable bonds is 6. The van der Waals surface area contributed by atoms with Gasteiger partial charge in [-0.2, -0.15) is 0 Å². The Balaban J connectivity index is 1.76. The first kappa shape index (κ1) is 15.8. The molecule has 0 saturated heterocycles. The summed E-state index contributed by atoms with van der Waals surface area (Å²) in [6.45, 7) is 0. The van der Waals surface area contributed by atoms with Crippen molar-refractivity contribution in [2.45, 2.75) is 11.4 Å². The SMILES string of the molecule is Fc1ccc(C(C[Se]c2ccccc2)Nc2ccccc2)cc1. The van der Waals surface area contributed by atoms with Gasteiger partial charge in [0.15, 0.2) is 0 Å². The van der Waals surface area contributed by atoms with Gasteiger partial charge in [-0.3, -0.25) is 0 Å². The first-order chi connectivity index (χ1) is 11.3. The summed E-state index contributed by atoms with van der Waals surface area (Å²) >= 11 is 0.363. The van der Waals surface area contributed by atoms with E-state index in [4.69, 9.17) is 0 Å². The van der Waals surface area contributed by atoms with Gasteiger partial charge >= 0.3 is 142 Å². The number of para-hydroxylation sites is 1. The van der Waals surface area contributed by atoms with E-state index in [2.05, 4.69) is 41.7 Å². The van der Waals surface area contributed by atoms with E-state index in [1.54, 1.807) is 0 Å². The second kappa shape index (κ2) is 7.96. The van der Waals surface area contributed by atoms with Gasteiger partial charge in [-0.1, -0.05) is 0 Å². The van der Waals surface area contributed by atoms with Crippen molar-refractivity contribution in [2.24, 2.45) is 0 Å². The van der Waals surface area contributed by atoms with Crippen LogP contribution in [-0.2, 0) is 0 Å². The summed E-state index contributed by atoms with van der Waals surface area (Å²) in [5.74, 6) is -0.194. The average molecular weight is 370 g/mol. The zero-order chi connectivity index (χ0) is 15.9. The molecule has 1 atom stereocenters. The number of nitrogens with one attached hydrogen (secondary N) is 1. The fraction of sp³-hybridized carbons (Fsp3) is 0.100. The number of hydrogen-bond acceptors (Lipinski definition) is 1. The molecule has 0 heterocycles. The Morgan fingerprint density at radius 3 is 2.04 bits per heavy atom. The molecule has 0 spiro atoms. The number of halogens is 1. The number of hydrogen-bond donors (Lipinski definition) is 1. The Morgan fingerprint density at radius 1 is 0.783 bits per heavy atom. The predicted molar refractivity (Wildman–Crippen MR) is 95.8 cm³/mol. The van der Waals surface area contributed by atoms with Crippen LogP contribution in [0.2, 0.25) is 5.32 Å². The molecule has 0 amide bonds. The third kappa shape index (κ3) is 4.69. The molecule has 0 aromatic heterocycles. The Bertz CT molecular complexity index is 714. The van der Waals surface area contributed by atoms with Crippen molar-refractivity contribution < 1.29 is 4.39 Å². The molecule has 116 valence electrons. The predicted octanol–water partition coefficient (Wildman–Crippen LogP) is 4.43. The first-order valence-electron chi connectivity index (χ1n) is 7.56. The zero-order valence-corrected chi connectivity index (χ0v) is 14.4. The molecule has 3 rings (SSSR count). The van der Waals surface area contributed by atoms with Crippen molar-refractivity contribution in [1.29, 1.82) is 0 Å². The van der Waals surface area contributed by atoms with Gasteiger partial charge in [-0.05, 0) is 0 Å². The van der Waals surface area contributed by atoms with E-state index < -0.39 is 0 Å². The van der Waals surface area contributed by atoms with E-state index in [9.17, 15) is 4.39 Å². The van der Waals surface area contributed by atoms with E-state index in [0.29, 0.717) is 15.0 Å². The normalized spacial score (nSPS) is 11.9. The molecule has 3 heteroatoms. The van der Waals surface area contributed by atoms with E-state index in [1.807, 2.05) is 36.4 Å². The van der Waals surface area contributed by atoms with Gasteiger partial charge in [0.2, 0.25) is 0 Å². The second-order valence-corrected chi connectivity index (χ2v) is 7.53. The Labute approximate surface area is 142 Å². The van der Waals surface area contributed by atoms with Gasteiger partial charge in [0, 0.05) is 0 Å². The van der Waals surface area contributed by atoms with Gasteiger partial charge < -0.3 is 0 Å². The summed E-state index contributed by atoms with van der Waals surface area (Å²) in [5, 5.41) is 4.59. The molecule has 1 N–H and O–H groups in total. The van der Waals surface area contributed by atoms with Gasteiger partial charge in [0.25, 0.3) is 0 Å². The van der Waals surface area contributed by atoms with Crippen LogP contribution in [-0.4, -0.2) is 15.0 Å². The second-order valence-electron chi connectivity index (χ2n) is 5.24. The maximum absolute atomic E-state index is 13.2. The van der Waals surface area contributed by atoms with Crippen molar-refractivity contribution in [1.82, 2.24) is 0 Å². The number of benzene rings is 3. The molecule has 1 unspecified atom stereocenters. The van der Waals surface area contributed by atoms with Gasteiger partial charge in [-0.25, -0.2) is 0 Å². The molecule has 23 heavy (non-hydrogen) atoms. The van der Waals surface area contributed by atoms with Gasteiger partial charge in [0.1, 0.15) is 0 Å². The third-order valence-electron chi connectivity index (χ3n) is 3.55. The Kier molecular flexibility index (Phi) is 5.46. The summed E-state index contributed by atoms with van der Waals surface area (Å²) in [6, 6.07) is 27.7. The van der Waals surface area contributed by atoms with Crippen LogP contribution < -0.4 is 9.78 Å². The fourth-order valence-corrected chi connectivity index (χ4v) is 4.41. The zero-order valence-electron chi connectivity index (χ0n) is 12.7. The number of anilines is 1. The standard InChI is InChI=1S/C20H18FNSe/c21-17-13-11-16(12-14-17)20(22-18-7-3-1-4-8-18)15-23-19-9-5-2-6-10-19/h1-14,20,22H,15H2. The molecule has 1 nitrogen and oxygen atoms in total. The molecule has 0 saturated carbocycles. The molecule has 3 aromatic carbocycles. The van der Waals surface area contributed by atoms with Crippen LogP contribution in [0.4, 0.5) is 10.1 Å². The van der Waals surface area contributed by atoms with Crippen molar-refractivity contribution in [3.05, 3.63) is 96.3 Å². The van der Waals surface area contributed by atoms with Crippen LogP contribution in [0.15, 0.2) is 84.9 Å². The summed E-state index contributed by atoms with van der Waals surface area (Å²) in [4.78, 5) is 0. The Morgan fingerprint density at radius 2 is 1.39 bits per heavy atom. The molecule has 0 aliphatic carbocycles. The quantitative estimate of drug-likeness (QED) is 0.633. The maximum atomic E-state index is 13.2. The minimum atomic E-state index is -0.194. The molecular formula is C20H18FNSe. The van der Waals surface area contributed by atoms with Gasteiger partial charge in [0.05, 0.1) is 0 Å². The molecule has 0 bridgehead atoms. The van der Waals surface area contributed by atoms with Crippen LogP contribution in [0, 0.1) is 5.82 Å². The fourth-order valence-electron chi connectivity index (χ4n) is 2.35. The summed E-state index contributed by atoms with van der Waals surface area (Å²) in [7, 11) is 0. The van der Waals surface area contributed by atoms with E-state index in [-0.39, 0.29) is 11.9 Å². The first-order valence-corrected chi connectivity index (χ1v) is 9.63. The topological polar surface area (TPSA) is 12.0 Å². The average Bonchev–Trinajstić information content (AvgIpc) is 2.61. The Hall–Kier alpha value is -2.09. The monoisotopic (exact) mass is 371 g/mol. The molecule has 0 fully saturated rings. The van der Waals surface area contributed by atoms with Crippen LogP contribution in [0.25, 0.3) is 0 Å². The molecular weight excluding hydrogens is 352 g/mol. The molecule has 0 aliphatic rings. The molecule has 0 aliphatic heterocycles. The van der Waals surface area contributed by atoms with Crippen molar-refractivity contribution >= 4 is 25.1 Å². The van der Waals surface area contributed by atoms with E-state index >= 15 is 0 Å². The molecule has 3 aromatic rings. The van der Waals surface area contributed by atoms with Crippen LogP contribution >= 0.6 is 0 Å².